The fraction of sp³-hybridized carbons (Fsp3) is 0.263. The largest absolute Gasteiger partial charge is 0.497 e. The molecule has 0 radical (unpaired) electrons. The molecule has 2 atom stereocenters. The quantitative estimate of drug-likeness (QED) is 0.751. The van der Waals surface area contributed by atoms with Crippen LogP contribution in [-0.2, 0) is 20.9 Å². The molecule has 6 nitrogen and oxygen atoms in total. The molecular formula is C19H21NO5. The molecule has 0 aliphatic carbocycles. The lowest BCUT2D eigenvalue weighted by Gasteiger charge is -2.16. The third-order valence-corrected chi connectivity index (χ3v) is 3.63. The van der Waals surface area contributed by atoms with Crippen LogP contribution in [0.15, 0.2) is 54.6 Å². The summed E-state index contributed by atoms with van der Waals surface area (Å²) in [5, 5.41) is 12.6. The second-order valence-electron chi connectivity index (χ2n) is 5.46. The van der Waals surface area contributed by atoms with Gasteiger partial charge in [-0.3, -0.25) is 4.79 Å². The van der Waals surface area contributed by atoms with Crippen LogP contribution in [0, 0.1) is 0 Å². The van der Waals surface area contributed by atoms with Crippen LogP contribution in [0.5, 0.6) is 5.75 Å². The predicted octanol–water partition coefficient (Wildman–Crippen LogP) is 1.98. The highest BCUT2D eigenvalue weighted by molar-refractivity contribution is 5.84. The van der Waals surface area contributed by atoms with E-state index in [9.17, 15) is 14.7 Å². The standard InChI is InChI=1S/C19H21NO5/c1-13(25-19(23)17(21)15-6-4-3-5-7-15)18(22)20-12-14-8-10-16(24-2)11-9-14/h3-11,13,17,21H,12H2,1-2H3,(H,20,22)/t13-,17-/m0/s1. The monoisotopic (exact) mass is 343 g/mol. The minimum absolute atomic E-state index is 0.298. The van der Waals surface area contributed by atoms with Gasteiger partial charge in [0.25, 0.3) is 5.91 Å². The number of esters is 1. The Balaban J connectivity index is 1.83. The van der Waals surface area contributed by atoms with E-state index >= 15 is 0 Å². The minimum atomic E-state index is -1.42. The van der Waals surface area contributed by atoms with E-state index in [0.29, 0.717) is 12.1 Å². The highest BCUT2D eigenvalue weighted by Crippen LogP contribution is 2.15. The van der Waals surface area contributed by atoms with E-state index in [1.54, 1.807) is 49.6 Å². The first-order chi connectivity index (χ1) is 12.0. The molecule has 0 fully saturated rings. The summed E-state index contributed by atoms with van der Waals surface area (Å²) in [5.74, 6) is -0.574. The first-order valence-corrected chi connectivity index (χ1v) is 7.85. The summed E-state index contributed by atoms with van der Waals surface area (Å²) in [5.41, 5.74) is 1.30. The van der Waals surface area contributed by atoms with Gasteiger partial charge in [0, 0.05) is 6.54 Å². The molecule has 0 aliphatic rings. The van der Waals surface area contributed by atoms with Crippen LogP contribution in [0.4, 0.5) is 0 Å². The zero-order valence-corrected chi connectivity index (χ0v) is 14.1. The lowest BCUT2D eigenvalue weighted by Crippen LogP contribution is -2.36. The maximum Gasteiger partial charge on any atom is 0.340 e. The van der Waals surface area contributed by atoms with E-state index in [1.165, 1.54) is 6.92 Å². The summed E-state index contributed by atoms with van der Waals surface area (Å²) in [6, 6.07) is 15.7. The van der Waals surface area contributed by atoms with Crippen molar-refractivity contribution in [3.63, 3.8) is 0 Å². The predicted molar refractivity (Wildman–Crippen MR) is 91.8 cm³/mol. The third-order valence-electron chi connectivity index (χ3n) is 3.63. The summed E-state index contributed by atoms with van der Waals surface area (Å²) in [7, 11) is 1.58. The van der Waals surface area contributed by atoms with Gasteiger partial charge in [-0.15, -0.1) is 0 Å². The summed E-state index contributed by atoms with van der Waals surface area (Å²) in [4.78, 5) is 24.0. The molecule has 0 aliphatic heterocycles. The maximum atomic E-state index is 12.0. The van der Waals surface area contributed by atoms with E-state index in [-0.39, 0.29) is 0 Å². The Kier molecular flexibility index (Phi) is 6.54. The Labute approximate surface area is 146 Å². The molecule has 0 aromatic heterocycles. The smallest absolute Gasteiger partial charge is 0.340 e. The van der Waals surface area contributed by atoms with Gasteiger partial charge in [-0.05, 0) is 30.2 Å². The summed E-state index contributed by atoms with van der Waals surface area (Å²) >= 11 is 0. The average Bonchev–Trinajstić information content (AvgIpc) is 2.66. The third kappa shape index (κ3) is 5.32. The van der Waals surface area contributed by atoms with E-state index < -0.39 is 24.1 Å². The number of hydrogen-bond acceptors (Lipinski definition) is 5. The molecule has 0 saturated carbocycles. The van der Waals surface area contributed by atoms with Crippen LogP contribution >= 0.6 is 0 Å². The van der Waals surface area contributed by atoms with Gasteiger partial charge < -0.3 is 19.9 Å². The average molecular weight is 343 g/mol. The van der Waals surface area contributed by atoms with Crippen molar-refractivity contribution in [3.05, 3.63) is 65.7 Å². The van der Waals surface area contributed by atoms with Crippen LogP contribution in [0.1, 0.15) is 24.2 Å². The lowest BCUT2D eigenvalue weighted by molar-refractivity contribution is -0.163. The van der Waals surface area contributed by atoms with Crippen LogP contribution < -0.4 is 10.1 Å². The topological polar surface area (TPSA) is 84.9 Å². The van der Waals surface area contributed by atoms with Gasteiger partial charge >= 0.3 is 5.97 Å². The van der Waals surface area contributed by atoms with Gasteiger partial charge in [0.1, 0.15) is 5.75 Å². The Hall–Kier alpha value is -2.86. The fourth-order valence-electron chi connectivity index (χ4n) is 2.14. The molecule has 132 valence electrons. The molecule has 2 aromatic carbocycles. The molecule has 2 aromatic rings. The van der Waals surface area contributed by atoms with Crippen LogP contribution in [0.2, 0.25) is 0 Å². The number of carbonyl (C=O) groups excluding carboxylic acids is 2. The van der Waals surface area contributed by atoms with E-state index in [4.69, 9.17) is 9.47 Å². The van der Waals surface area contributed by atoms with E-state index in [2.05, 4.69) is 5.32 Å². The summed E-state index contributed by atoms with van der Waals surface area (Å²) in [6.45, 7) is 1.75. The molecule has 0 unspecified atom stereocenters. The molecular weight excluding hydrogens is 322 g/mol. The summed E-state index contributed by atoms with van der Waals surface area (Å²) in [6.07, 6.45) is -2.43. The Morgan fingerprint density at radius 3 is 2.32 bits per heavy atom. The Bertz CT molecular complexity index is 700. The summed E-state index contributed by atoms with van der Waals surface area (Å²) < 4.78 is 10.1. The zero-order valence-electron chi connectivity index (χ0n) is 14.1. The number of methoxy groups -OCH3 is 1. The van der Waals surface area contributed by atoms with Crippen molar-refractivity contribution >= 4 is 11.9 Å². The molecule has 0 heterocycles. The van der Waals surface area contributed by atoms with Crippen molar-refractivity contribution in [2.75, 3.05) is 7.11 Å². The zero-order chi connectivity index (χ0) is 18.2. The van der Waals surface area contributed by atoms with Crippen molar-refractivity contribution in [1.82, 2.24) is 5.32 Å². The number of aliphatic hydroxyl groups is 1. The highest BCUT2D eigenvalue weighted by Gasteiger charge is 2.24. The van der Waals surface area contributed by atoms with Gasteiger partial charge in [0.2, 0.25) is 0 Å². The van der Waals surface area contributed by atoms with Crippen LogP contribution in [0.3, 0.4) is 0 Å². The SMILES string of the molecule is COc1ccc(CNC(=O)[C@H](C)OC(=O)[C@@H](O)c2ccccc2)cc1. The highest BCUT2D eigenvalue weighted by atomic mass is 16.6. The van der Waals surface area contributed by atoms with Crippen molar-refractivity contribution in [2.24, 2.45) is 0 Å². The molecule has 2 rings (SSSR count). The van der Waals surface area contributed by atoms with Gasteiger partial charge in [-0.1, -0.05) is 42.5 Å². The Morgan fingerprint density at radius 2 is 1.72 bits per heavy atom. The van der Waals surface area contributed by atoms with Crippen molar-refractivity contribution in [2.45, 2.75) is 25.7 Å². The number of hydrogen-bond donors (Lipinski definition) is 2. The molecule has 0 saturated heterocycles. The van der Waals surface area contributed by atoms with Gasteiger partial charge in [-0.25, -0.2) is 4.79 Å². The number of nitrogens with one attached hydrogen (secondary N) is 1. The molecule has 0 bridgehead atoms. The van der Waals surface area contributed by atoms with E-state index in [1.807, 2.05) is 12.1 Å². The maximum absolute atomic E-state index is 12.0. The number of carbonyl (C=O) groups is 2. The molecule has 0 spiro atoms. The first kappa shape index (κ1) is 18.5. The number of aliphatic hydroxyl groups excluding tert-OH is 1. The fourth-order valence-corrected chi connectivity index (χ4v) is 2.14. The van der Waals surface area contributed by atoms with Crippen molar-refractivity contribution in [3.8, 4) is 5.75 Å². The molecule has 25 heavy (non-hydrogen) atoms. The van der Waals surface area contributed by atoms with Crippen LogP contribution in [0.25, 0.3) is 0 Å². The van der Waals surface area contributed by atoms with E-state index in [0.717, 1.165) is 11.3 Å². The minimum Gasteiger partial charge on any atom is -0.497 e. The molecule has 1 amide bonds. The second-order valence-corrected chi connectivity index (χ2v) is 5.46. The number of benzene rings is 2. The number of rotatable bonds is 7. The Morgan fingerprint density at radius 1 is 1.08 bits per heavy atom. The number of amides is 1. The van der Waals surface area contributed by atoms with Gasteiger partial charge in [0.05, 0.1) is 7.11 Å². The molecule has 2 N–H and O–H groups in total. The first-order valence-electron chi connectivity index (χ1n) is 7.85. The number of ether oxygens (including phenoxy) is 2. The van der Waals surface area contributed by atoms with Gasteiger partial charge in [-0.2, -0.15) is 0 Å². The second kappa shape index (κ2) is 8.84. The van der Waals surface area contributed by atoms with Crippen molar-refractivity contribution < 1.29 is 24.2 Å². The normalized spacial score (nSPS) is 12.8. The molecule has 6 heteroatoms. The van der Waals surface area contributed by atoms with Gasteiger partial charge in [0.15, 0.2) is 12.2 Å². The van der Waals surface area contributed by atoms with Crippen molar-refractivity contribution in [1.29, 1.82) is 0 Å². The lowest BCUT2D eigenvalue weighted by atomic mass is 10.1. The van der Waals surface area contributed by atoms with Crippen LogP contribution in [-0.4, -0.2) is 30.2 Å².